The van der Waals surface area contributed by atoms with Gasteiger partial charge >= 0.3 is 0 Å². The van der Waals surface area contributed by atoms with Crippen molar-refractivity contribution in [3.05, 3.63) is 59.2 Å². The molecule has 4 rings (SSSR count). The van der Waals surface area contributed by atoms with Crippen LogP contribution in [0.4, 0.5) is 0 Å². The number of nitrogens with one attached hydrogen (secondary N) is 1. The summed E-state index contributed by atoms with van der Waals surface area (Å²) in [5.41, 5.74) is 2.24. The third kappa shape index (κ3) is 3.42. The lowest BCUT2D eigenvalue weighted by atomic mass is 10.0. The smallest absolute Gasteiger partial charge is 0.255 e. The molecule has 0 radical (unpaired) electrons. The fraction of sp³-hybridized carbons (Fsp3) is 0.364. The maximum Gasteiger partial charge on any atom is 0.255 e. The van der Waals surface area contributed by atoms with Gasteiger partial charge in [-0.05, 0) is 41.7 Å². The van der Waals surface area contributed by atoms with Crippen LogP contribution in [0.15, 0.2) is 42.5 Å². The summed E-state index contributed by atoms with van der Waals surface area (Å²) in [6.07, 6.45) is 0.899. The fourth-order valence-electron chi connectivity index (χ4n) is 3.63. The molecule has 0 fully saturated rings. The average molecular weight is 380 g/mol. The normalized spacial score (nSPS) is 17.2. The van der Waals surface area contributed by atoms with Crippen molar-refractivity contribution < 1.29 is 19.1 Å². The molecule has 0 bridgehead atoms. The highest BCUT2D eigenvalue weighted by atomic mass is 16.7. The molecule has 6 heteroatoms. The molecular weight excluding hydrogens is 356 g/mol. The second kappa shape index (κ2) is 7.54. The Hall–Kier alpha value is -3.02. The monoisotopic (exact) mass is 380 g/mol. The average Bonchev–Trinajstić information content (AvgIpc) is 3.24. The minimum Gasteiger partial charge on any atom is -0.454 e. The van der Waals surface area contributed by atoms with Gasteiger partial charge in [0, 0.05) is 18.7 Å². The van der Waals surface area contributed by atoms with Crippen LogP contribution in [0, 0.1) is 5.92 Å². The van der Waals surface area contributed by atoms with Gasteiger partial charge < -0.3 is 19.7 Å². The summed E-state index contributed by atoms with van der Waals surface area (Å²) in [6.45, 7) is 5.36. The molecule has 0 aromatic heterocycles. The van der Waals surface area contributed by atoms with Gasteiger partial charge in [-0.15, -0.1) is 0 Å². The van der Waals surface area contributed by atoms with E-state index in [1.807, 2.05) is 36.4 Å². The Morgan fingerprint density at radius 3 is 2.79 bits per heavy atom. The van der Waals surface area contributed by atoms with Crippen LogP contribution >= 0.6 is 0 Å². The summed E-state index contributed by atoms with van der Waals surface area (Å²) < 4.78 is 10.8. The molecule has 0 spiro atoms. The van der Waals surface area contributed by atoms with Crippen molar-refractivity contribution in [1.82, 2.24) is 10.2 Å². The lowest BCUT2D eigenvalue weighted by molar-refractivity contribution is -0.125. The van der Waals surface area contributed by atoms with Crippen molar-refractivity contribution in [2.24, 2.45) is 5.92 Å². The first-order chi connectivity index (χ1) is 13.5. The lowest BCUT2D eigenvalue weighted by Gasteiger charge is -2.25. The van der Waals surface area contributed by atoms with Gasteiger partial charge in [0.05, 0.1) is 0 Å². The molecule has 2 aromatic carbocycles. The minimum atomic E-state index is -0.624. The molecule has 2 amide bonds. The standard InChI is InChI=1S/C22H24N2O4/c1-14(2)9-10-23-21(25)20-16-5-3-4-6-17(16)22(26)24(20)12-15-7-8-18-19(11-15)28-13-27-18/h3-8,11,14,20H,9-10,12-13H2,1-2H3,(H,23,25)/t20-/m1/s1. The molecule has 0 saturated carbocycles. The first-order valence-electron chi connectivity index (χ1n) is 9.60. The van der Waals surface area contributed by atoms with Gasteiger partial charge in [0.15, 0.2) is 11.5 Å². The zero-order valence-corrected chi connectivity index (χ0v) is 16.1. The summed E-state index contributed by atoms with van der Waals surface area (Å²) in [5.74, 6) is 1.60. The highest BCUT2D eigenvalue weighted by molar-refractivity contribution is 6.04. The first kappa shape index (κ1) is 18.3. The van der Waals surface area contributed by atoms with Gasteiger partial charge in [0.25, 0.3) is 5.91 Å². The highest BCUT2D eigenvalue weighted by Gasteiger charge is 2.40. The molecule has 1 N–H and O–H groups in total. The summed E-state index contributed by atoms with van der Waals surface area (Å²) >= 11 is 0. The van der Waals surface area contributed by atoms with Crippen LogP contribution in [-0.4, -0.2) is 30.1 Å². The molecule has 0 aliphatic carbocycles. The van der Waals surface area contributed by atoms with Crippen LogP contribution in [0.2, 0.25) is 0 Å². The van der Waals surface area contributed by atoms with Crippen molar-refractivity contribution in [3.63, 3.8) is 0 Å². The topological polar surface area (TPSA) is 67.9 Å². The number of amides is 2. The third-order valence-electron chi connectivity index (χ3n) is 5.12. The van der Waals surface area contributed by atoms with E-state index in [9.17, 15) is 9.59 Å². The van der Waals surface area contributed by atoms with Crippen molar-refractivity contribution in [3.8, 4) is 11.5 Å². The van der Waals surface area contributed by atoms with E-state index in [0.29, 0.717) is 36.1 Å². The SMILES string of the molecule is CC(C)CCNC(=O)[C@H]1c2ccccc2C(=O)N1Cc1ccc2c(c1)OCO2. The van der Waals surface area contributed by atoms with E-state index in [1.54, 1.807) is 11.0 Å². The zero-order chi connectivity index (χ0) is 19.7. The molecule has 6 nitrogen and oxygen atoms in total. The van der Waals surface area contributed by atoms with Crippen molar-refractivity contribution in [1.29, 1.82) is 0 Å². The van der Waals surface area contributed by atoms with Gasteiger partial charge in [-0.1, -0.05) is 38.1 Å². The van der Waals surface area contributed by atoms with Crippen molar-refractivity contribution >= 4 is 11.8 Å². The van der Waals surface area contributed by atoms with E-state index < -0.39 is 6.04 Å². The van der Waals surface area contributed by atoms with Crippen LogP contribution in [0.1, 0.15) is 47.8 Å². The summed E-state index contributed by atoms with van der Waals surface area (Å²) in [6, 6.07) is 12.3. The van der Waals surface area contributed by atoms with E-state index in [1.165, 1.54) is 0 Å². The van der Waals surface area contributed by atoms with E-state index in [0.717, 1.165) is 17.5 Å². The largest absolute Gasteiger partial charge is 0.454 e. The van der Waals surface area contributed by atoms with E-state index in [-0.39, 0.29) is 18.6 Å². The number of rotatable bonds is 6. The van der Waals surface area contributed by atoms with E-state index in [4.69, 9.17) is 9.47 Å². The third-order valence-corrected chi connectivity index (χ3v) is 5.12. The number of nitrogens with zero attached hydrogens (tertiary/aromatic N) is 1. The van der Waals surface area contributed by atoms with E-state index >= 15 is 0 Å². The van der Waals surface area contributed by atoms with Gasteiger partial charge in [0.2, 0.25) is 12.7 Å². The number of carbonyl (C=O) groups is 2. The maximum absolute atomic E-state index is 13.0. The summed E-state index contributed by atoms with van der Waals surface area (Å²) in [5, 5.41) is 3.00. The summed E-state index contributed by atoms with van der Waals surface area (Å²) in [4.78, 5) is 27.6. The van der Waals surface area contributed by atoms with Crippen LogP contribution in [0.25, 0.3) is 0 Å². The molecule has 146 valence electrons. The Kier molecular flexibility index (Phi) is 4.94. The van der Waals surface area contributed by atoms with E-state index in [2.05, 4.69) is 19.2 Å². The van der Waals surface area contributed by atoms with Crippen LogP contribution in [-0.2, 0) is 11.3 Å². The molecule has 0 unspecified atom stereocenters. The molecule has 1 atom stereocenters. The molecule has 28 heavy (non-hydrogen) atoms. The fourth-order valence-corrected chi connectivity index (χ4v) is 3.63. The Balaban J connectivity index is 1.59. The molecule has 2 aromatic rings. The first-order valence-corrected chi connectivity index (χ1v) is 9.60. The van der Waals surface area contributed by atoms with Crippen LogP contribution < -0.4 is 14.8 Å². The number of benzene rings is 2. The summed E-state index contributed by atoms with van der Waals surface area (Å²) in [7, 11) is 0. The molecule has 0 saturated heterocycles. The highest BCUT2D eigenvalue weighted by Crippen LogP contribution is 2.37. The number of hydrogen-bond donors (Lipinski definition) is 1. The van der Waals surface area contributed by atoms with Crippen LogP contribution in [0.3, 0.4) is 0 Å². The maximum atomic E-state index is 13.0. The minimum absolute atomic E-state index is 0.128. The zero-order valence-electron chi connectivity index (χ0n) is 16.1. The van der Waals surface area contributed by atoms with Crippen LogP contribution in [0.5, 0.6) is 11.5 Å². The van der Waals surface area contributed by atoms with Gasteiger partial charge in [0.1, 0.15) is 6.04 Å². The van der Waals surface area contributed by atoms with Crippen molar-refractivity contribution in [2.45, 2.75) is 32.9 Å². The number of ether oxygens (including phenoxy) is 2. The van der Waals surface area contributed by atoms with Gasteiger partial charge in [-0.25, -0.2) is 0 Å². The lowest BCUT2D eigenvalue weighted by Crippen LogP contribution is -2.39. The number of hydrogen-bond acceptors (Lipinski definition) is 4. The predicted molar refractivity (Wildman–Crippen MR) is 104 cm³/mol. The predicted octanol–water partition coefficient (Wildman–Crippen LogP) is 3.27. The Morgan fingerprint density at radius 1 is 1.18 bits per heavy atom. The Bertz CT molecular complexity index is 909. The van der Waals surface area contributed by atoms with Crippen molar-refractivity contribution in [2.75, 3.05) is 13.3 Å². The Morgan fingerprint density at radius 2 is 1.96 bits per heavy atom. The van der Waals surface area contributed by atoms with Gasteiger partial charge in [-0.3, -0.25) is 9.59 Å². The molecule has 2 aliphatic heterocycles. The quantitative estimate of drug-likeness (QED) is 0.835. The number of carbonyl (C=O) groups excluding carboxylic acids is 2. The molecule has 2 heterocycles. The second-order valence-electron chi connectivity index (χ2n) is 7.58. The second-order valence-corrected chi connectivity index (χ2v) is 7.58. The van der Waals surface area contributed by atoms with Gasteiger partial charge in [-0.2, -0.15) is 0 Å². The molecular formula is C22H24N2O4. The molecule has 2 aliphatic rings. The number of fused-ring (bicyclic) bond motifs is 2. The Labute approximate surface area is 164 Å².